The van der Waals surface area contributed by atoms with Crippen LogP contribution >= 0.6 is 0 Å². The molecular formula is C40H44F3N5O3. The monoisotopic (exact) mass is 699 g/mol. The molecule has 0 fully saturated rings. The van der Waals surface area contributed by atoms with Crippen LogP contribution in [0, 0.1) is 5.41 Å². The predicted octanol–water partition coefficient (Wildman–Crippen LogP) is 9.05. The number of aliphatic carboxylic acids is 1. The Morgan fingerprint density at radius 1 is 0.922 bits per heavy atom. The number of nitrogens with zero attached hydrogens (tertiary/aromatic N) is 4. The third kappa shape index (κ3) is 10.2. The molecule has 0 atom stereocenters. The zero-order chi connectivity index (χ0) is 37.8. The van der Waals surface area contributed by atoms with Gasteiger partial charge in [-0.1, -0.05) is 113 Å². The smallest absolute Gasteiger partial charge is 0.475 e. The first-order chi connectivity index (χ1) is 24.3. The minimum absolute atomic E-state index is 0.110. The number of para-hydroxylation sites is 4. The van der Waals surface area contributed by atoms with E-state index in [0.29, 0.717) is 18.7 Å². The van der Waals surface area contributed by atoms with Crippen LogP contribution < -0.4 is 5.32 Å². The van der Waals surface area contributed by atoms with Crippen molar-refractivity contribution in [1.29, 1.82) is 0 Å². The molecular weight excluding hydrogens is 655 g/mol. The minimum Gasteiger partial charge on any atom is -0.475 e. The summed E-state index contributed by atoms with van der Waals surface area (Å²) in [5, 5.41) is 10.2. The van der Waals surface area contributed by atoms with E-state index in [1.165, 1.54) is 5.56 Å². The van der Waals surface area contributed by atoms with Crippen molar-refractivity contribution in [3.8, 4) is 0 Å². The molecule has 6 rings (SSSR count). The number of aryl methyl sites for hydroxylation is 1. The summed E-state index contributed by atoms with van der Waals surface area (Å²) in [5.74, 6) is -1.15. The van der Waals surface area contributed by atoms with Gasteiger partial charge in [0.25, 0.3) is 5.91 Å². The number of carboxylic acid groups (broad SMARTS) is 1. The van der Waals surface area contributed by atoms with Crippen molar-refractivity contribution >= 4 is 39.5 Å². The number of carbonyl (C=O) groups is 2. The molecule has 0 radical (unpaired) electrons. The SMILES string of the molecule is C=C/C=C\C.CC.Cn1c(CNC(=O)C2=CC(C)(C)C(c3nc4ccccc4n3Cc3ccccc3)=C2)nc2ccccc21.O=C(O)C(F)(F)F. The van der Waals surface area contributed by atoms with Gasteiger partial charge in [-0.2, -0.15) is 13.2 Å². The van der Waals surface area contributed by atoms with E-state index in [4.69, 9.17) is 14.9 Å². The van der Waals surface area contributed by atoms with Crippen LogP contribution in [0.5, 0.6) is 0 Å². The molecule has 0 spiro atoms. The summed E-state index contributed by atoms with van der Waals surface area (Å²) >= 11 is 0. The first-order valence-electron chi connectivity index (χ1n) is 16.4. The van der Waals surface area contributed by atoms with E-state index in [9.17, 15) is 18.0 Å². The van der Waals surface area contributed by atoms with Gasteiger partial charge >= 0.3 is 12.1 Å². The van der Waals surface area contributed by atoms with Gasteiger partial charge in [0.15, 0.2) is 0 Å². The van der Waals surface area contributed by atoms with E-state index in [2.05, 4.69) is 65.6 Å². The lowest BCUT2D eigenvalue weighted by atomic mass is 9.86. The van der Waals surface area contributed by atoms with E-state index in [1.54, 1.807) is 6.08 Å². The largest absolute Gasteiger partial charge is 0.490 e. The molecule has 0 unspecified atom stereocenters. The first kappa shape index (κ1) is 39.7. The molecule has 11 heteroatoms. The van der Waals surface area contributed by atoms with Crippen molar-refractivity contribution in [2.45, 2.75) is 53.9 Å². The van der Waals surface area contributed by atoms with Crippen molar-refractivity contribution in [3.05, 3.63) is 139 Å². The van der Waals surface area contributed by atoms with Crippen molar-refractivity contribution in [2.24, 2.45) is 12.5 Å². The Hall–Kier alpha value is -5.71. The van der Waals surface area contributed by atoms with Gasteiger partial charge in [-0.25, -0.2) is 14.8 Å². The average molecular weight is 700 g/mol. The summed E-state index contributed by atoms with van der Waals surface area (Å²) in [5.41, 5.74) is 6.55. The van der Waals surface area contributed by atoms with Crippen LogP contribution in [0.4, 0.5) is 13.2 Å². The summed E-state index contributed by atoms with van der Waals surface area (Å²) in [7, 11) is 1.98. The number of aromatic nitrogens is 4. The Morgan fingerprint density at radius 3 is 2.00 bits per heavy atom. The molecule has 2 aromatic heterocycles. The molecule has 1 amide bonds. The standard InChI is InChI=1S/C31H29N5O.C5H8.C2HF3O2.C2H6/c1-31(2)18-22(30(37)32-19-28-33-24-13-7-9-15-26(24)35(28)3)17-23(31)29-34-25-14-8-10-16-27(25)36(29)20-21-11-5-4-6-12-21;1-3-5-4-2;3-2(4,5)1(6)7;1-2/h4-18H,19-20H2,1-3H3,(H,32,37);3-5H,1H2,2H3;(H,6,7);1-2H3/b;5-4-;;. The molecule has 2 heterocycles. The number of imidazole rings is 2. The highest BCUT2D eigenvalue weighted by atomic mass is 19.4. The Kier molecular flexibility index (Phi) is 13.9. The molecule has 0 saturated carbocycles. The lowest BCUT2D eigenvalue weighted by molar-refractivity contribution is -0.192. The summed E-state index contributed by atoms with van der Waals surface area (Å²) < 4.78 is 36.0. The molecule has 1 aliphatic carbocycles. The van der Waals surface area contributed by atoms with Gasteiger partial charge in [0, 0.05) is 30.2 Å². The lowest BCUT2D eigenvalue weighted by Crippen LogP contribution is -2.25. The van der Waals surface area contributed by atoms with Crippen LogP contribution in [0.3, 0.4) is 0 Å². The molecule has 0 aliphatic heterocycles. The van der Waals surface area contributed by atoms with Gasteiger partial charge in [-0.3, -0.25) is 4.79 Å². The second kappa shape index (κ2) is 17.8. The number of hydrogen-bond donors (Lipinski definition) is 2. The van der Waals surface area contributed by atoms with Gasteiger partial charge in [0.2, 0.25) is 0 Å². The zero-order valence-electron chi connectivity index (χ0n) is 29.7. The number of rotatable bonds is 7. The van der Waals surface area contributed by atoms with Crippen LogP contribution in [0.1, 0.15) is 51.8 Å². The number of allylic oxidation sites excluding steroid dienone is 5. The Balaban J connectivity index is 0.000000430. The third-order valence-electron chi connectivity index (χ3n) is 7.71. The van der Waals surface area contributed by atoms with Crippen molar-refractivity contribution < 1.29 is 27.9 Å². The molecule has 0 bridgehead atoms. The minimum atomic E-state index is -5.08. The average Bonchev–Trinajstić information content (AvgIpc) is 3.75. The predicted molar refractivity (Wildman–Crippen MR) is 198 cm³/mol. The summed E-state index contributed by atoms with van der Waals surface area (Å²) in [6.07, 6.45) is 4.53. The highest BCUT2D eigenvalue weighted by Crippen LogP contribution is 2.43. The van der Waals surface area contributed by atoms with Gasteiger partial charge in [-0.15, -0.1) is 0 Å². The summed E-state index contributed by atoms with van der Waals surface area (Å²) in [6, 6.07) is 26.6. The maximum atomic E-state index is 13.3. The van der Waals surface area contributed by atoms with Gasteiger partial charge < -0.3 is 19.6 Å². The number of carboxylic acids is 1. The number of benzene rings is 3. The van der Waals surface area contributed by atoms with E-state index < -0.39 is 12.1 Å². The Labute approximate surface area is 296 Å². The number of halogens is 3. The molecule has 51 heavy (non-hydrogen) atoms. The van der Waals surface area contributed by atoms with Gasteiger partial charge in [0.05, 0.1) is 28.6 Å². The molecule has 0 saturated heterocycles. The number of alkyl halides is 3. The van der Waals surface area contributed by atoms with Crippen molar-refractivity contribution in [1.82, 2.24) is 24.4 Å². The highest BCUT2D eigenvalue weighted by molar-refractivity contribution is 6.01. The van der Waals surface area contributed by atoms with Crippen LogP contribution in [-0.4, -0.2) is 42.3 Å². The normalized spacial score (nSPS) is 13.2. The number of fused-ring (bicyclic) bond motifs is 2. The van der Waals surface area contributed by atoms with Crippen LogP contribution in [-0.2, 0) is 29.7 Å². The fourth-order valence-electron chi connectivity index (χ4n) is 5.29. The summed E-state index contributed by atoms with van der Waals surface area (Å²) in [4.78, 5) is 31.9. The molecule has 268 valence electrons. The molecule has 5 aromatic rings. The second-order valence-electron chi connectivity index (χ2n) is 11.7. The quantitative estimate of drug-likeness (QED) is 0.165. The Morgan fingerprint density at radius 2 is 1.47 bits per heavy atom. The highest BCUT2D eigenvalue weighted by Gasteiger charge is 2.38. The maximum absolute atomic E-state index is 13.3. The number of carbonyl (C=O) groups excluding carboxylic acids is 1. The van der Waals surface area contributed by atoms with Crippen LogP contribution in [0.25, 0.3) is 27.6 Å². The van der Waals surface area contributed by atoms with E-state index in [1.807, 2.05) is 105 Å². The fourth-order valence-corrected chi connectivity index (χ4v) is 5.29. The van der Waals surface area contributed by atoms with Gasteiger partial charge in [0.1, 0.15) is 11.6 Å². The molecule has 1 aliphatic rings. The van der Waals surface area contributed by atoms with Crippen LogP contribution in [0.15, 0.2) is 121 Å². The fraction of sp³-hybridized carbons (Fsp3) is 0.250. The Bertz CT molecular complexity index is 2050. The van der Waals surface area contributed by atoms with E-state index >= 15 is 0 Å². The van der Waals surface area contributed by atoms with Crippen LogP contribution in [0.2, 0.25) is 0 Å². The van der Waals surface area contributed by atoms with Crippen molar-refractivity contribution in [2.75, 3.05) is 0 Å². The molecule has 2 N–H and O–H groups in total. The van der Waals surface area contributed by atoms with Gasteiger partial charge in [-0.05, 0) is 42.8 Å². The van der Waals surface area contributed by atoms with E-state index in [0.717, 1.165) is 39.3 Å². The lowest BCUT2D eigenvalue weighted by Gasteiger charge is -2.21. The number of amides is 1. The van der Waals surface area contributed by atoms with E-state index in [-0.39, 0.29) is 11.3 Å². The number of hydrogen-bond acceptors (Lipinski definition) is 4. The maximum Gasteiger partial charge on any atom is 0.490 e. The first-order valence-corrected chi connectivity index (χ1v) is 16.4. The summed E-state index contributed by atoms with van der Waals surface area (Å²) in [6.45, 7) is 14.8. The third-order valence-corrected chi connectivity index (χ3v) is 7.71. The topological polar surface area (TPSA) is 102 Å². The van der Waals surface area contributed by atoms with Crippen molar-refractivity contribution in [3.63, 3.8) is 0 Å². The molecule has 8 nitrogen and oxygen atoms in total. The zero-order valence-corrected chi connectivity index (χ0v) is 29.7. The molecule has 3 aromatic carbocycles. The number of nitrogens with one attached hydrogen (secondary N) is 1. The second-order valence-corrected chi connectivity index (χ2v) is 11.7.